The van der Waals surface area contributed by atoms with Crippen molar-refractivity contribution < 1.29 is 4.74 Å². The van der Waals surface area contributed by atoms with Crippen LogP contribution in [0.15, 0.2) is 42.5 Å². The predicted octanol–water partition coefficient (Wildman–Crippen LogP) is 4.36. The van der Waals surface area contributed by atoms with Gasteiger partial charge >= 0.3 is 0 Å². The Balaban J connectivity index is 2.01. The minimum atomic E-state index is 0.0980. The van der Waals surface area contributed by atoms with Gasteiger partial charge in [-0.05, 0) is 62.3 Å². The minimum Gasteiger partial charge on any atom is -0.497 e. The first-order valence-corrected chi connectivity index (χ1v) is 7.69. The molecule has 4 heteroatoms. The third-order valence-electron chi connectivity index (χ3n) is 3.57. The fraction of sp³-hybridized carbons (Fsp3) is 0.278. The molecule has 2 aromatic rings. The predicted molar refractivity (Wildman–Crippen MR) is 96.7 cm³/mol. The van der Waals surface area contributed by atoms with Crippen LogP contribution in [0.4, 0.5) is 5.69 Å². The number of aryl methyl sites for hydroxylation is 2. The van der Waals surface area contributed by atoms with Crippen molar-refractivity contribution in [2.24, 2.45) is 0 Å². The number of hydrogen-bond donors (Lipinski definition) is 2. The lowest BCUT2D eigenvalue weighted by Gasteiger charge is -2.19. The van der Waals surface area contributed by atoms with Gasteiger partial charge in [0.2, 0.25) is 0 Å². The third kappa shape index (κ3) is 4.21. The molecule has 0 radical (unpaired) electrons. The van der Waals surface area contributed by atoms with Crippen LogP contribution < -0.4 is 15.4 Å². The van der Waals surface area contributed by atoms with Crippen LogP contribution in [0.5, 0.6) is 5.75 Å². The molecule has 0 heterocycles. The van der Waals surface area contributed by atoms with E-state index in [0.29, 0.717) is 5.11 Å². The van der Waals surface area contributed by atoms with E-state index in [9.17, 15) is 0 Å². The van der Waals surface area contributed by atoms with Crippen LogP contribution in [0.25, 0.3) is 0 Å². The molecule has 0 aliphatic heterocycles. The van der Waals surface area contributed by atoms with Crippen molar-refractivity contribution in [3.8, 4) is 5.75 Å². The van der Waals surface area contributed by atoms with Gasteiger partial charge in [-0.1, -0.05) is 29.8 Å². The molecule has 2 rings (SSSR count). The van der Waals surface area contributed by atoms with Crippen LogP contribution in [0.3, 0.4) is 0 Å². The van der Waals surface area contributed by atoms with Crippen molar-refractivity contribution in [1.29, 1.82) is 0 Å². The van der Waals surface area contributed by atoms with Crippen LogP contribution in [0.1, 0.15) is 29.7 Å². The second kappa shape index (κ2) is 7.27. The molecule has 3 nitrogen and oxygen atoms in total. The number of thiocarbonyl (C=S) groups is 1. The highest BCUT2D eigenvalue weighted by Crippen LogP contribution is 2.20. The normalized spacial score (nSPS) is 11.6. The average molecular weight is 314 g/mol. The van der Waals surface area contributed by atoms with E-state index in [2.05, 4.69) is 55.7 Å². The van der Waals surface area contributed by atoms with E-state index in [1.165, 1.54) is 11.1 Å². The SMILES string of the molecule is COc1cccc(C(C)NC(=S)Nc2ccc(C)cc2C)c1. The Hall–Kier alpha value is -2.07. The Morgan fingerprint density at radius 2 is 1.91 bits per heavy atom. The molecule has 0 aliphatic carbocycles. The van der Waals surface area contributed by atoms with E-state index in [4.69, 9.17) is 17.0 Å². The van der Waals surface area contributed by atoms with E-state index in [-0.39, 0.29) is 6.04 Å². The molecule has 0 aliphatic rings. The maximum absolute atomic E-state index is 5.41. The first-order valence-electron chi connectivity index (χ1n) is 7.28. The lowest BCUT2D eigenvalue weighted by Crippen LogP contribution is -2.31. The number of ether oxygens (including phenoxy) is 1. The fourth-order valence-electron chi connectivity index (χ4n) is 2.30. The largest absolute Gasteiger partial charge is 0.497 e. The number of hydrogen-bond acceptors (Lipinski definition) is 2. The molecular weight excluding hydrogens is 292 g/mol. The van der Waals surface area contributed by atoms with E-state index in [1.807, 2.05) is 18.2 Å². The molecule has 0 bridgehead atoms. The van der Waals surface area contributed by atoms with Gasteiger partial charge in [0.25, 0.3) is 0 Å². The van der Waals surface area contributed by atoms with Crippen LogP contribution in [0.2, 0.25) is 0 Å². The highest BCUT2D eigenvalue weighted by molar-refractivity contribution is 7.80. The molecular formula is C18H22N2OS. The quantitative estimate of drug-likeness (QED) is 0.822. The Morgan fingerprint density at radius 3 is 2.59 bits per heavy atom. The number of benzene rings is 2. The van der Waals surface area contributed by atoms with Crippen molar-refractivity contribution in [1.82, 2.24) is 5.32 Å². The van der Waals surface area contributed by atoms with Crippen molar-refractivity contribution in [2.75, 3.05) is 12.4 Å². The zero-order chi connectivity index (χ0) is 16.1. The second-order valence-electron chi connectivity index (χ2n) is 5.42. The van der Waals surface area contributed by atoms with Crippen LogP contribution in [0, 0.1) is 13.8 Å². The van der Waals surface area contributed by atoms with E-state index in [1.54, 1.807) is 7.11 Å². The lowest BCUT2D eigenvalue weighted by atomic mass is 10.1. The zero-order valence-corrected chi connectivity index (χ0v) is 14.3. The summed E-state index contributed by atoms with van der Waals surface area (Å²) >= 11 is 5.41. The molecule has 1 atom stereocenters. The van der Waals surface area contributed by atoms with E-state index >= 15 is 0 Å². The van der Waals surface area contributed by atoms with Crippen molar-refractivity contribution in [2.45, 2.75) is 26.8 Å². The molecule has 0 aromatic heterocycles. The molecule has 0 fully saturated rings. The smallest absolute Gasteiger partial charge is 0.171 e. The molecule has 2 N–H and O–H groups in total. The molecule has 116 valence electrons. The summed E-state index contributed by atoms with van der Waals surface area (Å²) in [6, 6.07) is 14.3. The molecule has 1 unspecified atom stereocenters. The number of rotatable bonds is 4. The van der Waals surface area contributed by atoms with Gasteiger partial charge in [0.15, 0.2) is 5.11 Å². The summed E-state index contributed by atoms with van der Waals surface area (Å²) in [5, 5.41) is 7.17. The van der Waals surface area contributed by atoms with Gasteiger partial charge in [-0.3, -0.25) is 0 Å². The maximum atomic E-state index is 5.41. The van der Waals surface area contributed by atoms with Crippen LogP contribution in [-0.2, 0) is 0 Å². The second-order valence-corrected chi connectivity index (χ2v) is 5.82. The fourth-order valence-corrected chi connectivity index (χ4v) is 2.59. The summed E-state index contributed by atoms with van der Waals surface area (Å²) in [6.07, 6.45) is 0. The average Bonchev–Trinajstić information content (AvgIpc) is 2.50. The summed E-state index contributed by atoms with van der Waals surface area (Å²) in [6.45, 7) is 6.23. The minimum absolute atomic E-state index is 0.0980. The maximum Gasteiger partial charge on any atom is 0.171 e. The summed E-state index contributed by atoms with van der Waals surface area (Å²) in [5.74, 6) is 0.847. The molecule has 0 saturated heterocycles. The Morgan fingerprint density at radius 1 is 1.14 bits per heavy atom. The van der Waals surface area contributed by atoms with Gasteiger partial charge in [0.1, 0.15) is 5.75 Å². The zero-order valence-electron chi connectivity index (χ0n) is 13.4. The summed E-state index contributed by atoms with van der Waals surface area (Å²) < 4.78 is 5.26. The summed E-state index contributed by atoms with van der Waals surface area (Å²) in [7, 11) is 1.67. The highest BCUT2D eigenvalue weighted by Gasteiger charge is 2.09. The van der Waals surface area contributed by atoms with Gasteiger partial charge in [-0.2, -0.15) is 0 Å². The monoisotopic (exact) mass is 314 g/mol. The highest BCUT2D eigenvalue weighted by atomic mass is 32.1. The van der Waals surface area contributed by atoms with Crippen molar-refractivity contribution in [3.63, 3.8) is 0 Å². The lowest BCUT2D eigenvalue weighted by molar-refractivity contribution is 0.413. The summed E-state index contributed by atoms with van der Waals surface area (Å²) in [5.41, 5.74) is 4.58. The molecule has 2 aromatic carbocycles. The molecule has 0 saturated carbocycles. The van der Waals surface area contributed by atoms with Gasteiger partial charge in [-0.25, -0.2) is 0 Å². The Bertz CT molecular complexity index is 670. The molecule has 0 spiro atoms. The van der Waals surface area contributed by atoms with E-state index in [0.717, 1.165) is 17.0 Å². The van der Waals surface area contributed by atoms with E-state index < -0.39 is 0 Å². The number of nitrogens with one attached hydrogen (secondary N) is 2. The number of methoxy groups -OCH3 is 1. The van der Waals surface area contributed by atoms with Gasteiger partial charge in [0, 0.05) is 5.69 Å². The standard InChI is InChI=1S/C18H22N2OS/c1-12-8-9-17(13(2)10-12)20-18(22)19-14(3)15-6-5-7-16(11-15)21-4/h5-11,14H,1-4H3,(H2,19,20,22). The van der Waals surface area contributed by atoms with Crippen molar-refractivity contribution >= 4 is 23.0 Å². The Labute approximate surface area is 137 Å². The van der Waals surface area contributed by atoms with Gasteiger partial charge in [-0.15, -0.1) is 0 Å². The van der Waals surface area contributed by atoms with Crippen molar-refractivity contribution in [3.05, 3.63) is 59.2 Å². The van der Waals surface area contributed by atoms with Gasteiger partial charge in [0.05, 0.1) is 13.2 Å². The first-order chi connectivity index (χ1) is 10.5. The molecule has 22 heavy (non-hydrogen) atoms. The first kappa shape index (κ1) is 16.3. The molecule has 0 amide bonds. The number of anilines is 1. The van der Waals surface area contributed by atoms with Crippen LogP contribution in [-0.4, -0.2) is 12.2 Å². The topological polar surface area (TPSA) is 33.3 Å². The van der Waals surface area contributed by atoms with Gasteiger partial charge < -0.3 is 15.4 Å². The van der Waals surface area contributed by atoms with Crippen LogP contribution >= 0.6 is 12.2 Å². The Kier molecular flexibility index (Phi) is 5.39. The summed E-state index contributed by atoms with van der Waals surface area (Å²) in [4.78, 5) is 0. The third-order valence-corrected chi connectivity index (χ3v) is 3.79.